The Morgan fingerprint density at radius 2 is 1.65 bits per heavy atom. The molecule has 0 unspecified atom stereocenters. The molecule has 0 spiro atoms. The molecule has 1 saturated heterocycles. The topological polar surface area (TPSA) is 54.0 Å². The summed E-state index contributed by atoms with van der Waals surface area (Å²) in [6.45, 7) is 5.05. The summed E-state index contributed by atoms with van der Waals surface area (Å²) in [6, 6.07) is 13.7. The summed E-state index contributed by atoms with van der Waals surface area (Å²) in [7, 11) is 3.18. The Bertz CT molecular complexity index is 753. The standard InChI is InChI=1S/C20H25N3O3/c1-15-4-6-16(7-5-15)22-10-12-23(13-11-22)20(24)21-18-14-17(25-2)8-9-19(18)26-3/h4-9,14H,10-13H2,1-3H3,(H,21,24). The Morgan fingerprint density at radius 3 is 2.27 bits per heavy atom. The lowest BCUT2D eigenvalue weighted by atomic mass is 10.2. The molecule has 1 aliphatic heterocycles. The first kappa shape index (κ1) is 17.9. The van der Waals surface area contributed by atoms with Gasteiger partial charge >= 0.3 is 6.03 Å². The fraction of sp³-hybridized carbons (Fsp3) is 0.350. The molecule has 1 fully saturated rings. The van der Waals surface area contributed by atoms with E-state index in [4.69, 9.17) is 9.47 Å². The van der Waals surface area contributed by atoms with Crippen molar-refractivity contribution in [1.82, 2.24) is 4.90 Å². The van der Waals surface area contributed by atoms with E-state index < -0.39 is 0 Å². The average Bonchev–Trinajstić information content (AvgIpc) is 2.68. The van der Waals surface area contributed by atoms with Crippen LogP contribution in [0.2, 0.25) is 0 Å². The SMILES string of the molecule is COc1ccc(OC)c(NC(=O)N2CCN(c3ccc(C)cc3)CC2)c1. The van der Waals surface area contributed by atoms with Gasteiger partial charge < -0.3 is 24.6 Å². The Kier molecular flexibility index (Phi) is 5.51. The fourth-order valence-corrected chi connectivity index (χ4v) is 3.03. The first-order chi connectivity index (χ1) is 12.6. The maximum atomic E-state index is 12.6. The molecule has 138 valence electrons. The third-order valence-electron chi connectivity index (χ3n) is 4.61. The van der Waals surface area contributed by atoms with Gasteiger partial charge in [0.05, 0.1) is 19.9 Å². The highest BCUT2D eigenvalue weighted by Gasteiger charge is 2.22. The zero-order valence-corrected chi connectivity index (χ0v) is 15.5. The second-order valence-electron chi connectivity index (χ2n) is 6.31. The number of carbonyl (C=O) groups excluding carboxylic acids is 1. The number of benzene rings is 2. The Labute approximate surface area is 154 Å². The lowest BCUT2D eigenvalue weighted by Crippen LogP contribution is -2.50. The number of anilines is 2. The van der Waals surface area contributed by atoms with E-state index in [1.54, 1.807) is 32.4 Å². The van der Waals surface area contributed by atoms with Gasteiger partial charge in [-0.05, 0) is 31.2 Å². The summed E-state index contributed by atoms with van der Waals surface area (Å²) in [6.07, 6.45) is 0. The van der Waals surface area contributed by atoms with Crippen LogP contribution in [0.4, 0.5) is 16.2 Å². The van der Waals surface area contributed by atoms with E-state index >= 15 is 0 Å². The number of urea groups is 1. The van der Waals surface area contributed by atoms with Gasteiger partial charge in [-0.1, -0.05) is 17.7 Å². The van der Waals surface area contributed by atoms with Gasteiger partial charge in [0.25, 0.3) is 0 Å². The Balaban J connectivity index is 1.61. The molecule has 1 heterocycles. The van der Waals surface area contributed by atoms with E-state index in [0.717, 1.165) is 13.1 Å². The highest BCUT2D eigenvalue weighted by atomic mass is 16.5. The van der Waals surface area contributed by atoms with Gasteiger partial charge in [-0.3, -0.25) is 0 Å². The summed E-state index contributed by atoms with van der Waals surface area (Å²) in [5, 5.41) is 2.93. The average molecular weight is 355 g/mol. The first-order valence-corrected chi connectivity index (χ1v) is 8.70. The number of carbonyl (C=O) groups is 1. The van der Waals surface area contributed by atoms with E-state index in [9.17, 15) is 4.79 Å². The van der Waals surface area contributed by atoms with Crippen molar-refractivity contribution in [3.8, 4) is 11.5 Å². The lowest BCUT2D eigenvalue weighted by molar-refractivity contribution is 0.208. The van der Waals surface area contributed by atoms with Crippen molar-refractivity contribution >= 4 is 17.4 Å². The van der Waals surface area contributed by atoms with E-state index in [0.29, 0.717) is 30.3 Å². The van der Waals surface area contributed by atoms with Crippen LogP contribution in [0.1, 0.15) is 5.56 Å². The minimum atomic E-state index is -0.125. The predicted molar refractivity (Wildman–Crippen MR) is 104 cm³/mol. The van der Waals surface area contributed by atoms with Gasteiger partial charge in [0, 0.05) is 37.9 Å². The van der Waals surface area contributed by atoms with Crippen LogP contribution in [0, 0.1) is 6.92 Å². The number of methoxy groups -OCH3 is 2. The van der Waals surface area contributed by atoms with E-state index in [1.807, 2.05) is 4.90 Å². The number of amides is 2. The second kappa shape index (κ2) is 7.99. The predicted octanol–water partition coefficient (Wildman–Crippen LogP) is 3.37. The monoisotopic (exact) mass is 355 g/mol. The third kappa shape index (κ3) is 4.02. The van der Waals surface area contributed by atoms with Crippen molar-refractivity contribution < 1.29 is 14.3 Å². The third-order valence-corrected chi connectivity index (χ3v) is 4.61. The normalized spacial score (nSPS) is 14.1. The Morgan fingerprint density at radius 1 is 0.962 bits per heavy atom. The number of hydrogen-bond acceptors (Lipinski definition) is 4. The largest absolute Gasteiger partial charge is 0.497 e. The highest BCUT2D eigenvalue weighted by Crippen LogP contribution is 2.29. The number of piperazine rings is 1. The molecule has 2 aromatic rings. The molecule has 26 heavy (non-hydrogen) atoms. The van der Waals surface area contributed by atoms with Gasteiger partial charge in [0.15, 0.2) is 0 Å². The van der Waals surface area contributed by atoms with Crippen molar-refractivity contribution in [2.24, 2.45) is 0 Å². The summed E-state index contributed by atoms with van der Waals surface area (Å²) < 4.78 is 10.5. The maximum absolute atomic E-state index is 12.6. The lowest BCUT2D eigenvalue weighted by Gasteiger charge is -2.36. The number of aryl methyl sites for hydroxylation is 1. The molecule has 2 aromatic carbocycles. The van der Waals surface area contributed by atoms with Gasteiger partial charge in [-0.2, -0.15) is 0 Å². The number of hydrogen-bond donors (Lipinski definition) is 1. The minimum Gasteiger partial charge on any atom is -0.497 e. The van der Waals surface area contributed by atoms with Crippen LogP contribution >= 0.6 is 0 Å². The smallest absolute Gasteiger partial charge is 0.322 e. The molecule has 6 heteroatoms. The van der Waals surface area contributed by atoms with E-state index in [-0.39, 0.29) is 6.03 Å². The molecule has 6 nitrogen and oxygen atoms in total. The molecule has 2 amide bonds. The van der Waals surface area contributed by atoms with Crippen LogP contribution < -0.4 is 19.7 Å². The molecule has 0 radical (unpaired) electrons. The molecule has 1 aliphatic rings. The quantitative estimate of drug-likeness (QED) is 0.914. The Hall–Kier alpha value is -2.89. The molecule has 0 saturated carbocycles. The fourth-order valence-electron chi connectivity index (χ4n) is 3.03. The van der Waals surface area contributed by atoms with E-state index in [1.165, 1.54) is 11.3 Å². The van der Waals surface area contributed by atoms with Crippen molar-refractivity contribution in [1.29, 1.82) is 0 Å². The number of nitrogens with one attached hydrogen (secondary N) is 1. The van der Waals surface area contributed by atoms with Gasteiger partial charge in [0.2, 0.25) is 0 Å². The number of ether oxygens (including phenoxy) is 2. The second-order valence-corrected chi connectivity index (χ2v) is 6.31. The van der Waals surface area contributed by atoms with Gasteiger partial charge in [-0.25, -0.2) is 4.79 Å². The number of rotatable bonds is 4. The zero-order valence-electron chi connectivity index (χ0n) is 15.5. The van der Waals surface area contributed by atoms with Crippen LogP contribution in [0.25, 0.3) is 0 Å². The molecule has 1 N–H and O–H groups in total. The van der Waals surface area contributed by atoms with Crippen molar-refractivity contribution in [2.45, 2.75) is 6.92 Å². The highest BCUT2D eigenvalue weighted by molar-refractivity contribution is 5.91. The summed E-state index contributed by atoms with van der Waals surface area (Å²) in [5.74, 6) is 1.28. The minimum absolute atomic E-state index is 0.125. The molecule has 0 atom stereocenters. The molecule has 3 rings (SSSR count). The molecular formula is C20H25N3O3. The summed E-state index contributed by atoms with van der Waals surface area (Å²) >= 11 is 0. The maximum Gasteiger partial charge on any atom is 0.322 e. The van der Waals surface area contributed by atoms with Crippen LogP contribution in [-0.4, -0.2) is 51.3 Å². The molecule has 0 bridgehead atoms. The molecular weight excluding hydrogens is 330 g/mol. The summed E-state index contributed by atoms with van der Waals surface area (Å²) in [4.78, 5) is 16.7. The van der Waals surface area contributed by atoms with Gasteiger partial charge in [0.1, 0.15) is 11.5 Å². The first-order valence-electron chi connectivity index (χ1n) is 8.70. The van der Waals surface area contributed by atoms with Crippen LogP contribution in [0.5, 0.6) is 11.5 Å². The van der Waals surface area contributed by atoms with Crippen molar-refractivity contribution in [2.75, 3.05) is 50.6 Å². The van der Waals surface area contributed by atoms with Gasteiger partial charge in [-0.15, -0.1) is 0 Å². The van der Waals surface area contributed by atoms with Crippen LogP contribution in [0.15, 0.2) is 42.5 Å². The van der Waals surface area contributed by atoms with Crippen molar-refractivity contribution in [3.63, 3.8) is 0 Å². The van der Waals surface area contributed by atoms with Crippen LogP contribution in [0.3, 0.4) is 0 Å². The molecule has 0 aliphatic carbocycles. The van der Waals surface area contributed by atoms with E-state index in [2.05, 4.69) is 41.4 Å². The van der Waals surface area contributed by atoms with Crippen molar-refractivity contribution in [3.05, 3.63) is 48.0 Å². The zero-order chi connectivity index (χ0) is 18.5. The summed E-state index contributed by atoms with van der Waals surface area (Å²) in [5.41, 5.74) is 3.06. The van der Waals surface area contributed by atoms with Crippen LogP contribution in [-0.2, 0) is 0 Å². The molecule has 0 aromatic heterocycles. The number of nitrogens with zero attached hydrogens (tertiary/aromatic N) is 2.